The highest BCUT2D eigenvalue weighted by atomic mass is 16.5. The van der Waals surface area contributed by atoms with Gasteiger partial charge in [0.15, 0.2) is 0 Å². The Morgan fingerprint density at radius 3 is 2.70 bits per heavy atom. The van der Waals surface area contributed by atoms with E-state index in [0.717, 1.165) is 25.8 Å². The van der Waals surface area contributed by atoms with Gasteiger partial charge in [0.2, 0.25) is 0 Å². The molecule has 20 heavy (non-hydrogen) atoms. The van der Waals surface area contributed by atoms with Gasteiger partial charge in [-0.1, -0.05) is 27.7 Å². The second kappa shape index (κ2) is 7.99. The third kappa shape index (κ3) is 6.23. The molecule has 0 spiro atoms. The minimum atomic E-state index is -0.778. The summed E-state index contributed by atoms with van der Waals surface area (Å²) in [5.74, 6) is -0.0865. The SMILES string of the molecule is CCCNC(CCOC1CC(C)CC(C)(C)C1)C(=O)O. The van der Waals surface area contributed by atoms with Crippen molar-refractivity contribution in [3.05, 3.63) is 0 Å². The molecule has 0 aliphatic heterocycles. The van der Waals surface area contributed by atoms with E-state index >= 15 is 0 Å². The molecule has 0 amide bonds. The zero-order valence-corrected chi connectivity index (χ0v) is 13.4. The van der Waals surface area contributed by atoms with Crippen LogP contribution in [0.15, 0.2) is 0 Å². The molecule has 0 aromatic carbocycles. The Labute approximate surface area is 123 Å². The van der Waals surface area contributed by atoms with Gasteiger partial charge in [-0.2, -0.15) is 0 Å². The van der Waals surface area contributed by atoms with Crippen molar-refractivity contribution >= 4 is 5.97 Å². The normalized spacial score (nSPS) is 27.2. The third-order valence-electron chi connectivity index (χ3n) is 4.05. The lowest BCUT2D eigenvalue weighted by molar-refractivity contribution is -0.140. The van der Waals surface area contributed by atoms with Crippen LogP contribution in [-0.4, -0.2) is 36.4 Å². The average Bonchev–Trinajstić information content (AvgIpc) is 2.30. The molecule has 4 nitrogen and oxygen atoms in total. The van der Waals surface area contributed by atoms with Gasteiger partial charge in [-0.05, 0) is 50.0 Å². The molecule has 2 N–H and O–H groups in total. The van der Waals surface area contributed by atoms with Gasteiger partial charge in [-0.3, -0.25) is 4.79 Å². The molecule has 0 aromatic rings. The fraction of sp³-hybridized carbons (Fsp3) is 0.938. The van der Waals surface area contributed by atoms with Gasteiger partial charge in [0, 0.05) is 6.61 Å². The molecule has 0 aromatic heterocycles. The van der Waals surface area contributed by atoms with Crippen LogP contribution in [0.4, 0.5) is 0 Å². The van der Waals surface area contributed by atoms with Crippen molar-refractivity contribution in [2.24, 2.45) is 11.3 Å². The zero-order chi connectivity index (χ0) is 15.2. The van der Waals surface area contributed by atoms with Crippen LogP contribution in [0.25, 0.3) is 0 Å². The molecule has 118 valence electrons. The summed E-state index contributed by atoms with van der Waals surface area (Å²) in [6.45, 7) is 10.2. The minimum absolute atomic E-state index is 0.286. The fourth-order valence-electron chi connectivity index (χ4n) is 3.37. The molecule has 0 saturated heterocycles. The maximum absolute atomic E-state index is 11.1. The summed E-state index contributed by atoms with van der Waals surface area (Å²) in [4.78, 5) is 11.1. The number of carboxylic acids is 1. The summed E-state index contributed by atoms with van der Waals surface area (Å²) in [6.07, 6.45) is 5.21. The van der Waals surface area contributed by atoms with Crippen LogP contribution in [-0.2, 0) is 9.53 Å². The summed E-state index contributed by atoms with van der Waals surface area (Å²) in [5.41, 5.74) is 0.342. The predicted molar refractivity (Wildman–Crippen MR) is 80.9 cm³/mol. The number of hydrogen-bond donors (Lipinski definition) is 2. The smallest absolute Gasteiger partial charge is 0.320 e. The number of rotatable bonds is 8. The molecule has 1 saturated carbocycles. The Balaban J connectivity index is 2.33. The number of carboxylic acid groups (broad SMARTS) is 1. The Morgan fingerprint density at radius 1 is 1.45 bits per heavy atom. The van der Waals surface area contributed by atoms with Crippen molar-refractivity contribution < 1.29 is 14.6 Å². The molecule has 1 fully saturated rings. The van der Waals surface area contributed by atoms with Gasteiger partial charge in [-0.25, -0.2) is 0 Å². The molecule has 3 atom stereocenters. The van der Waals surface area contributed by atoms with Crippen LogP contribution < -0.4 is 5.32 Å². The van der Waals surface area contributed by atoms with Gasteiger partial charge in [-0.15, -0.1) is 0 Å². The van der Waals surface area contributed by atoms with E-state index < -0.39 is 12.0 Å². The lowest BCUT2D eigenvalue weighted by Crippen LogP contribution is -2.39. The van der Waals surface area contributed by atoms with Crippen molar-refractivity contribution in [2.75, 3.05) is 13.2 Å². The molecule has 3 unspecified atom stereocenters. The highest BCUT2D eigenvalue weighted by Gasteiger charge is 2.32. The maximum Gasteiger partial charge on any atom is 0.320 e. The first-order chi connectivity index (χ1) is 9.34. The molecule has 0 heterocycles. The largest absolute Gasteiger partial charge is 0.480 e. The molecule has 0 radical (unpaired) electrons. The second-order valence-electron chi connectivity index (χ2n) is 7.04. The first-order valence-electron chi connectivity index (χ1n) is 7.92. The Kier molecular flexibility index (Phi) is 6.96. The van der Waals surface area contributed by atoms with Crippen molar-refractivity contribution in [1.29, 1.82) is 0 Å². The average molecular weight is 285 g/mol. The standard InChI is InChI=1S/C16H31NO3/c1-5-7-17-14(15(18)19)6-8-20-13-9-12(2)10-16(3,4)11-13/h12-14,17H,5-11H2,1-4H3,(H,18,19). The van der Waals surface area contributed by atoms with Crippen molar-refractivity contribution in [3.8, 4) is 0 Å². The van der Waals surface area contributed by atoms with Crippen LogP contribution in [0, 0.1) is 11.3 Å². The lowest BCUT2D eigenvalue weighted by Gasteiger charge is -2.38. The fourth-order valence-corrected chi connectivity index (χ4v) is 3.37. The molecular weight excluding hydrogens is 254 g/mol. The van der Waals surface area contributed by atoms with E-state index in [0.29, 0.717) is 24.4 Å². The highest BCUT2D eigenvalue weighted by Crippen LogP contribution is 2.39. The monoisotopic (exact) mass is 285 g/mol. The summed E-state index contributed by atoms with van der Waals surface area (Å²) in [5, 5.41) is 12.2. The zero-order valence-electron chi connectivity index (χ0n) is 13.4. The van der Waals surface area contributed by atoms with Gasteiger partial charge in [0.1, 0.15) is 6.04 Å². The summed E-state index contributed by atoms with van der Waals surface area (Å²) in [6, 6.07) is -0.482. The molecule has 4 heteroatoms. The Morgan fingerprint density at radius 2 is 2.15 bits per heavy atom. The molecule has 1 aliphatic carbocycles. The molecule has 0 bridgehead atoms. The Bertz CT molecular complexity index is 304. The van der Waals surface area contributed by atoms with E-state index in [1.54, 1.807) is 0 Å². The van der Waals surface area contributed by atoms with E-state index in [4.69, 9.17) is 9.84 Å². The predicted octanol–water partition coefficient (Wildman–Crippen LogP) is 3.06. The summed E-state index contributed by atoms with van der Waals surface area (Å²) >= 11 is 0. The van der Waals surface area contributed by atoms with Crippen molar-refractivity contribution in [1.82, 2.24) is 5.32 Å². The van der Waals surface area contributed by atoms with E-state index in [1.807, 2.05) is 6.92 Å². The second-order valence-corrected chi connectivity index (χ2v) is 7.04. The number of hydrogen-bond acceptors (Lipinski definition) is 3. The Hall–Kier alpha value is -0.610. The molecular formula is C16H31NO3. The first-order valence-corrected chi connectivity index (χ1v) is 7.92. The van der Waals surface area contributed by atoms with Crippen LogP contribution in [0.2, 0.25) is 0 Å². The van der Waals surface area contributed by atoms with Crippen molar-refractivity contribution in [3.63, 3.8) is 0 Å². The van der Waals surface area contributed by atoms with E-state index in [2.05, 4.69) is 26.1 Å². The van der Waals surface area contributed by atoms with E-state index in [1.165, 1.54) is 6.42 Å². The number of ether oxygens (including phenoxy) is 1. The minimum Gasteiger partial charge on any atom is -0.480 e. The number of nitrogens with one attached hydrogen (secondary N) is 1. The van der Waals surface area contributed by atoms with Crippen LogP contribution >= 0.6 is 0 Å². The van der Waals surface area contributed by atoms with Gasteiger partial charge in [0.05, 0.1) is 6.10 Å². The highest BCUT2D eigenvalue weighted by molar-refractivity contribution is 5.73. The first kappa shape index (κ1) is 17.4. The molecule has 1 rings (SSSR count). The summed E-state index contributed by atoms with van der Waals surface area (Å²) in [7, 11) is 0. The topological polar surface area (TPSA) is 58.6 Å². The number of carbonyl (C=O) groups is 1. The van der Waals surface area contributed by atoms with Crippen LogP contribution in [0.3, 0.4) is 0 Å². The van der Waals surface area contributed by atoms with Gasteiger partial charge >= 0.3 is 5.97 Å². The van der Waals surface area contributed by atoms with Crippen LogP contribution in [0.5, 0.6) is 0 Å². The molecule has 1 aliphatic rings. The van der Waals surface area contributed by atoms with Crippen molar-refractivity contribution in [2.45, 2.75) is 71.9 Å². The third-order valence-corrected chi connectivity index (χ3v) is 4.05. The van der Waals surface area contributed by atoms with Gasteiger partial charge in [0.25, 0.3) is 0 Å². The summed E-state index contributed by atoms with van der Waals surface area (Å²) < 4.78 is 5.95. The van der Waals surface area contributed by atoms with Gasteiger partial charge < -0.3 is 15.2 Å². The quantitative estimate of drug-likeness (QED) is 0.719. The maximum atomic E-state index is 11.1. The van der Waals surface area contributed by atoms with Crippen LogP contribution in [0.1, 0.15) is 59.8 Å². The van der Waals surface area contributed by atoms with E-state index in [-0.39, 0.29) is 6.10 Å². The number of aliphatic carboxylic acids is 1. The van der Waals surface area contributed by atoms with E-state index in [9.17, 15) is 4.79 Å². The lowest BCUT2D eigenvalue weighted by atomic mass is 9.71.